The lowest BCUT2D eigenvalue weighted by Crippen LogP contribution is -2.35. The molecule has 6 nitrogen and oxygen atoms in total. The highest BCUT2D eigenvalue weighted by Gasteiger charge is 2.33. The number of amides is 1. The van der Waals surface area contributed by atoms with Gasteiger partial charge in [-0.3, -0.25) is 9.20 Å². The van der Waals surface area contributed by atoms with Crippen molar-refractivity contribution < 1.29 is 9.53 Å². The van der Waals surface area contributed by atoms with E-state index < -0.39 is 0 Å². The normalized spacial score (nSPS) is 22.3. The molecule has 2 fully saturated rings. The second-order valence-electron chi connectivity index (χ2n) is 6.80. The van der Waals surface area contributed by atoms with E-state index in [9.17, 15) is 4.79 Å². The van der Waals surface area contributed by atoms with Crippen molar-refractivity contribution in [2.75, 3.05) is 13.2 Å². The van der Waals surface area contributed by atoms with Crippen molar-refractivity contribution in [3.63, 3.8) is 0 Å². The molecule has 3 heterocycles. The van der Waals surface area contributed by atoms with Crippen molar-refractivity contribution in [3.8, 4) is 0 Å². The molecule has 2 aliphatic rings. The Morgan fingerprint density at radius 2 is 2.00 bits per heavy atom. The molecule has 1 saturated carbocycles. The van der Waals surface area contributed by atoms with Crippen LogP contribution < -0.4 is 0 Å². The van der Waals surface area contributed by atoms with E-state index in [-0.39, 0.29) is 24.7 Å². The van der Waals surface area contributed by atoms with Crippen molar-refractivity contribution in [1.29, 1.82) is 0 Å². The maximum Gasteiger partial charge on any atom is 0.249 e. The zero-order chi connectivity index (χ0) is 16.4. The number of rotatable bonds is 4. The molecule has 1 aliphatic heterocycles. The van der Waals surface area contributed by atoms with Gasteiger partial charge in [0.15, 0.2) is 11.5 Å². The molecule has 6 heteroatoms. The maximum atomic E-state index is 12.7. The van der Waals surface area contributed by atoms with Crippen LogP contribution in [-0.4, -0.2) is 44.7 Å². The Labute approximate surface area is 141 Å². The molecule has 128 valence electrons. The van der Waals surface area contributed by atoms with Crippen LogP contribution in [0.5, 0.6) is 0 Å². The minimum Gasteiger partial charge on any atom is -0.368 e. The molecular weight excluding hydrogens is 304 g/mol. The zero-order valence-corrected chi connectivity index (χ0v) is 13.9. The number of pyridine rings is 1. The highest BCUT2D eigenvalue weighted by Crippen LogP contribution is 2.31. The zero-order valence-electron chi connectivity index (χ0n) is 13.9. The molecule has 2 aromatic rings. The molecule has 24 heavy (non-hydrogen) atoms. The van der Waals surface area contributed by atoms with E-state index in [4.69, 9.17) is 4.74 Å². The van der Waals surface area contributed by atoms with E-state index in [0.717, 1.165) is 43.7 Å². The van der Waals surface area contributed by atoms with Gasteiger partial charge in [0.1, 0.15) is 6.61 Å². The molecule has 1 amide bonds. The minimum atomic E-state index is 0.00450. The Hall–Kier alpha value is -1.95. The van der Waals surface area contributed by atoms with Gasteiger partial charge < -0.3 is 9.64 Å². The van der Waals surface area contributed by atoms with E-state index in [1.54, 1.807) is 0 Å². The maximum absolute atomic E-state index is 12.7. The van der Waals surface area contributed by atoms with Crippen LogP contribution in [0.4, 0.5) is 0 Å². The summed E-state index contributed by atoms with van der Waals surface area (Å²) in [5, 5.41) is 8.56. The van der Waals surface area contributed by atoms with Gasteiger partial charge in [0.2, 0.25) is 5.91 Å². The first kappa shape index (κ1) is 15.6. The average molecular weight is 328 g/mol. The van der Waals surface area contributed by atoms with Crippen molar-refractivity contribution >= 4 is 11.6 Å². The van der Waals surface area contributed by atoms with Crippen LogP contribution in [0, 0.1) is 0 Å². The third kappa shape index (κ3) is 3.02. The van der Waals surface area contributed by atoms with Gasteiger partial charge >= 0.3 is 0 Å². The fraction of sp³-hybridized carbons (Fsp3) is 0.611. The van der Waals surface area contributed by atoms with Gasteiger partial charge in [0, 0.05) is 12.7 Å². The molecule has 0 radical (unpaired) electrons. The largest absolute Gasteiger partial charge is 0.368 e. The number of hydrogen-bond donors (Lipinski definition) is 0. The molecule has 1 atom stereocenters. The number of nitrogens with zero attached hydrogens (tertiary/aromatic N) is 4. The summed E-state index contributed by atoms with van der Waals surface area (Å²) in [4.78, 5) is 14.6. The minimum absolute atomic E-state index is 0.00450. The van der Waals surface area contributed by atoms with E-state index in [1.165, 1.54) is 19.3 Å². The predicted molar refractivity (Wildman–Crippen MR) is 89.5 cm³/mol. The number of ether oxygens (including phenoxy) is 1. The van der Waals surface area contributed by atoms with Crippen LogP contribution in [0.1, 0.15) is 56.8 Å². The lowest BCUT2D eigenvalue weighted by atomic mass is 9.98. The Morgan fingerprint density at radius 1 is 1.12 bits per heavy atom. The van der Waals surface area contributed by atoms with Crippen LogP contribution in [0.3, 0.4) is 0 Å². The average Bonchev–Trinajstić information content (AvgIpc) is 3.27. The summed E-state index contributed by atoms with van der Waals surface area (Å²) in [5.41, 5.74) is 0.824. The van der Waals surface area contributed by atoms with Crippen molar-refractivity contribution in [2.45, 2.75) is 57.1 Å². The van der Waals surface area contributed by atoms with Crippen LogP contribution in [0.25, 0.3) is 5.65 Å². The first-order valence-corrected chi connectivity index (χ1v) is 9.03. The smallest absolute Gasteiger partial charge is 0.249 e. The van der Waals surface area contributed by atoms with Gasteiger partial charge in [-0.25, -0.2) is 0 Å². The molecule has 0 N–H and O–H groups in total. The number of hydrogen-bond acceptors (Lipinski definition) is 4. The molecule has 0 bridgehead atoms. The van der Waals surface area contributed by atoms with Gasteiger partial charge in [-0.2, -0.15) is 0 Å². The number of carbonyl (C=O) groups is 1. The SMILES string of the molecule is O=C(COC1CCCCC1)N1CCCC1c1nnc2ccccn12. The summed E-state index contributed by atoms with van der Waals surface area (Å²) in [6.07, 6.45) is 10.1. The fourth-order valence-corrected chi connectivity index (χ4v) is 3.92. The monoisotopic (exact) mass is 328 g/mol. The Bertz CT molecular complexity index is 708. The summed E-state index contributed by atoms with van der Waals surface area (Å²) in [6, 6.07) is 5.85. The molecule has 2 aromatic heterocycles. The van der Waals surface area contributed by atoms with Gasteiger partial charge in [-0.15, -0.1) is 10.2 Å². The van der Waals surface area contributed by atoms with Crippen molar-refractivity contribution in [1.82, 2.24) is 19.5 Å². The molecule has 4 rings (SSSR count). The Morgan fingerprint density at radius 3 is 2.88 bits per heavy atom. The van der Waals surface area contributed by atoms with Gasteiger partial charge in [-0.05, 0) is 37.8 Å². The molecule has 1 unspecified atom stereocenters. The van der Waals surface area contributed by atoms with Crippen LogP contribution >= 0.6 is 0 Å². The van der Waals surface area contributed by atoms with E-state index in [0.29, 0.717) is 0 Å². The van der Waals surface area contributed by atoms with E-state index in [1.807, 2.05) is 33.7 Å². The van der Waals surface area contributed by atoms with E-state index >= 15 is 0 Å². The second-order valence-corrected chi connectivity index (χ2v) is 6.80. The highest BCUT2D eigenvalue weighted by molar-refractivity contribution is 5.78. The van der Waals surface area contributed by atoms with Crippen LogP contribution in [0.2, 0.25) is 0 Å². The highest BCUT2D eigenvalue weighted by atomic mass is 16.5. The molecule has 1 saturated heterocycles. The molecule has 0 aromatic carbocycles. The van der Waals surface area contributed by atoms with Crippen LogP contribution in [-0.2, 0) is 9.53 Å². The summed E-state index contributed by atoms with van der Waals surface area (Å²) in [7, 11) is 0. The van der Waals surface area contributed by atoms with Gasteiger partial charge in [0.05, 0.1) is 12.1 Å². The van der Waals surface area contributed by atoms with Gasteiger partial charge in [-0.1, -0.05) is 25.3 Å². The number of likely N-dealkylation sites (tertiary alicyclic amines) is 1. The third-order valence-corrected chi connectivity index (χ3v) is 5.21. The third-order valence-electron chi connectivity index (χ3n) is 5.21. The van der Waals surface area contributed by atoms with Gasteiger partial charge in [0.25, 0.3) is 0 Å². The van der Waals surface area contributed by atoms with Crippen molar-refractivity contribution in [3.05, 3.63) is 30.2 Å². The second kappa shape index (κ2) is 6.89. The first-order valence-electron chi connectivity index (χ1n) is 9.03. The summed E-state index contributed by atoms with van der Waals surface area (Å²) in [6.45, 7) is 0.969. The van der Waals surface area contributed by atoms with Crippen molar-refractivity contribution in [2.24, 2.45) is 0 Å². The quantitative estimate of drug-likeness (QED) is 0.866. The number of aromatic nitrogens is 3. The molecule has 0 spiro atoms. The first-order chi connectivity index (χ1) is 11.8. The fourth-order valence-electron chi connectivity index (χ4n) is 3.92. The predicted octanol–water partition coefficient (Wildman–Crippen LogP) is 2.74. The standard InChI is InChI=1S/C18H24N4O2/c23-17(13-24-14-7-2-1-3-8-14)21-12-6-9-15(21)18-20-19-16-10-4-5-11-22(16)18/h4-5,10-11,14-15H,1-3,6-9,12-13H2. The summed E-state index contributed by atoms with van der Waals surface area (Å²) >= 11 is 0. The molecular formula is C18H24N4O2. The summed E-state index contributed by atoms with van der Waals surface area (Å²) < 4.78 is 7.86. The lowest BCUT2D eigenvalue weighted by Gasteiger charge is -2.26. The van der Waals surface area contributed by atoms with E-state index in [2.05, 4.69) is 10.2 Å². The number of fused-ring (bicyclic) bond motifs is 1. The molecule has 1 aliphatic carbocycles. The number of carbonyl (C=O) groups excluding carboxylic acids is 1. The topological polar surface area (TPSA) is 59.7 Å². The summed E-state index contributed by atoms with van der Waals surface area (Å²) in [5.74, 6) is 0.935. The van der Waals surface area contributed by atoms with Crippen LogP contribution in [0.15, 0.2) is 24.4 Å². The Balaban J connectivity index is 1.45. The lowest BCUT2D eigenvalue weighted by molar-refractivity contribution is -0.140. The Kier molecular flexibility index (Phi) is 4.47.